The summed E-state index contributed by atoms with van der Waals surface area (Å²) in [6, 6.07) is 7.37. The Morgan fingerprint density at radius 1 is 1.17 bits per heavy atom. The number of morpholine rings is 1. The van der Waals surface area contributed by atoms with Gasteiger partial charge < -0.3 is 10.1 Å². The van der Waals surface area contributed by atoms with Crippen molar-refractivity contribution < 1.29 is 17.9 Å². The van der Waals surface area contributed by atoms with Gasteiger partial charge in [-0.2, -0.15) is 9.40 Å². The van der Waals surface area contributed by atoms with Crippen LogP contribution in [0.25, 0.3) is 5.69 Å². The SMILES string of the molecule is CN/C=C(\C)C(=O)c1nn(-c2ccc(S(=O)(=O)N3CCOCC3)cc2)ccc1=O. The number of nitrogens with zero attached hydrogens (tertiary/aromatic N) is 3. The molecule has 10 heteroatoms. The number of rotatable bonds is 6. The third-order valence-electron chi connectivity index (χ3n) is 4.45. The van der Waals surface area contributed by atoms with E-state index in [0.717, 1.165) is 0 Å². The summed E-state index contributed by atoms with van der Waals surface area (Å²) in [6.07, 6.45) is 2.92. The van der Waals surface area contributed by atoms with E-state index in [1.165, 1.54) is 39.6 Å². The Morgan fingerprint density at radius 3 is 2.45 bits per heavy atom. The summed E-state index contributed by atoms with van der Waals surface area (Å²) in [7, 11) is -1.95. The Labute approximate surface area is 168 Å². The molecule has 1 fully saturated rings. The Hall–Kier alpha value is -2.82. The first-order chi connectivity index (χ1) is 13.8. The van der Waals surface area contributed by atoms with Gasteiger partial charge in [0.1, 0.15) is 0 Å². The molecule has 29 heavy (non-hydrogen) atoms. The zero-order valence-electron chi connectivity index (χ0n) is 16.2. The van der Waals surface area contributed by atoms with Crippen molar-refractivity contribution in [2.24, 2.45) is 0 Å². The number of carbonyl (C=O) groups is 1. The molecule has 154 valence electrons. The standard InChI is InChI=1S/C19H22N4O5S/c1-14(13-20-2)19(25)18-17(24)7-8-23(21-18)15-3-5-16(6-4-15)29(26,27)22-9-11-28-12-10-22/h3-8,13,20H,9-12H2,1-2H3/b14-13+. The topological polar surface area (TPSA) is 111 Å². The molecule has 1 aliphatic heterocycles. The van der Waals surface area contributed by atoms with Gasteiger partial charge in [-0.1, -0.05) is 0 Å². The first kappa shape index (κ1) is 20.9. The number of ether oxygens (including phenoxy) is 1. The molecule has 0 bridgehead atoms. The molecule has 0 amide bonds. The van der Waals surface area contributed by atoms with Crippen molar-refractivity contribution >= 4 is 15.8 Å². The second-order valence-electron chi connectivity index (χ2n) is 6.43. The number of hydrogen-bond donors (Lipinski definition) is 1. The fourth-order valence-electron chi connectivity index (χ4n) is 2.88. The minimum Gasteiger partial charge on any atom is -0.394 e. The van der Waals surface area contributed by atoms with Crippen LogP contribution in [-0.2, 0) is 14.8 Å². The zero-order valence-corrected chi connectivity index (χ0v) is 17.0. The second-order valence-corrected chi connectivity index (χ2v) is 8.37. The molecule has 1 aromatic heterocycles. The van der Waals surface area contributed by atoms with Crippen LogP contribution in [0.2, 0.25) is 0 Å². The van der Waals surface area contributed by atoms with E-state index in [0.29, 0.717) is 37.6 Å². The summed E-state index contributed by atoms with van der Waals surface area (Å²) in [5, 5.41) is 6.88. The van der Waals surface area contributed by atoms with Gasteiger partial charge in [0, 0.05) is 44.2 Å². The van der Waals surface area contributed by atoms with Crippen molar-refractivity contribution in [2.45, 2.75) is 11.8 Å². The number of benzene rings is 1. The predicted octanol–water partition coefficient (Wildman–Crippen LogP) is 0.559. The summed E-state index contributed by atoms with van der Waals surface area (Å²) in [5.41, 5.74) is 0.181. The number of sulfonamides is 1. The third-order valence-corrected chi connectivity index (χ3v) is 6.36. The van der Waals surface area contributed by atoms with Crippen molar-refractivity contribution in [3.05, 3.63) is 64.2 Å². The van der Waals surface area contributed by atoms with E-state index in [1.54, 1.807) is 26.1 Å². The molecule has 9 nitrogen and oxygen atoms in total. The molecular formula is C19H22N4O5S. The van der Waals surface area contributed by atoms with Crippen molar-refractivity contribution in [3.8, 4) is 5.69 Å². The molecule has 2 heterocycles. The van der Waals surface area contributed by atoms with Gasteiger partial charge in [-0.25, -0.2) is 13.1 Å². The van der Waals surface area contributed by atoms with Crippen LogP contribution in [0.3, 0.4) is 0 Å². The maximum atomic E-state index is 12.7. The lowest BCUT2D eigenvalue weighted by molar-refractivity contribution is 0.0730. The Bertz CT molecular complexity index is 1080. The number of ketones is 1. The van der Waals surface area contributed by atoms with Gasteiger partial charge in [0.05, 0.1) is 23.8 Å². The molecule has 0 saturated carbocycles. The fourth-order valence-corrected chi connectivity index (χ4v) is 4.29. The smallest absolute Gasteiger partial charge is 0.243 e. The van der Waals surface area contributed by atoms with Crippen LogP contribution in [0.5, 0.6) is 0 Å². The average molecular weight is 418 g/mol. The molecule has 0 aliphatic carbocycles. The van der Waals surface area contributed by atoms with E-state index in [-0.39, 0.29) is 10.6 Å². The van der Waals surface area contributed by atoms with E-state index in [9.17, 15) is 18.0 Å². The minimum absolute atomic E-state index is 0.160. The fraction of sp³-hybridized carbons (Fsp3) is 0.316. The monoisotopic (exact) mass is 418 g/mol. The normalized spacial score (nSPS) is 15.9. The summed E-state index contributed by atoms with van der Waals surface area (Å²) in [4.78, 5) is 24.7. The molecule has 0 unspecified atom stereocenters. The molecule has 0 atom stereocenters. The summed E-state index contributed by atoms with van der Waals surface area (Å²) in [5.74, 6) is -0.481. The Balaban J connectivity index is 1.90. The minimum atomic E-state index is -3.60. The second kappa shape index (κ2) is 8.68. The lowest BCUT2D eigenvalue weighted by Crippen LogP contribution is -2.40. The molecule has 1 saturated heterocycles. The molecule has 1 N–H and O–H groups in total. The van der Waals surface area contributed by atoms with Gasteiger partial charge >= 0.3 is 0 Å². The largest absolute Gasteiger partial charge is 0.394 e. The first-order valence-corrected chi connectivity index (χ1v) is 10.5. The lowest BCUT2D eigenvalue weighted by atomic mass is 10.1. The van der Waals surface area contributed by atoms with Gasteiger partial charge in [0.25, 0.3) is 0 Å². The highest BCUT2D eigenvalue weighted by Crippen LogP contribution is 2.19. The van der Waals surface area contributed by atoms with Crippen LogP contribution < -0.4 is 10.7 Å². The molecular weight excluding hydrogens is 396 g/mol. The zero-order chi connectivity index (χ0) is 21.0. The van der Waals surface area contributed by atoms with Crippen molar-refractivity contribution in [1.29, 1.82) is 0 Å². The van der Waals surface area contributed by atoms with Gasteiger partial charge in [-0.3, -0.25) is 9.59 Å². The van der Waals surface area contributed by atoms with E-state index >= 15 is 0 Å². The Morgan fingerprint density at radius 2 is 1.83 bits per heavy atom. The predicted molar refractivity (Wildman–Crippen MR) is 107 cm³/mol. The van der Waals surface area contributed by atoms with E-state index in [2.05, 4.69) is 10.4 Å². The maximum Gasteiger partial charge on any atom is 0.243 e. The van der Waals surface area contributed by atoms with Gasteiger partial charge in [-0.05, 0) is 31.2 Å². The van der Waals surface area contributed by atoms with Gasteiger partial charge in [0.15, 0.2) is 5.69 Å². The molecule has 1 aliphatic rings. The number of hydrogen-bond acceptors (Lipinski definition) is 7. The van der Waals surface area contributed by atoms with Crippen molar-refractivity contribution in [3.63, 3.8) is 0 Å². The number of carbonyl (C=O) groups excluding carboxylic acids is 1. The molecule has 2 aromatic rings. The number of Topliss-reactive ketones (excluding diaryl/α,β-unsaturated/α-hetero) is 1. The van der Waals surface area contributed by atoms with Gasteiger partial charge in [0.2, 0.25) is 21.2 Å². The molecule has 0 radical (unpaired) electrons. The van der Waals surface area contributed by atoms with Crippen LogP contribution in [-0.4, -0.2) is 61.6 Å². The Kier molecular flexibility index (Phi) is 6.26. The van der Waals surface area contributed by atoms with Crippen LogP contribution in [0.15, 0.2) is 58.0 Å². The van der Waals surface area contributed by atoms with Gasteiger partial charge in [-0.15, -0.1) is 0 Å². The number of allylic oxidation sites excluding steroid dienone is 1. The quantitative estimate of drug-likeness (QED) is 0.539. The van der Waals surface area contributed by atoms with E-state index < -0.39 is 21.2 Å². The highest BCUT2D eigenvalue weighted by Gasteiger charge is 2.26. The number of aromatic nitrogens is 2. The van der Waals surface area contributed by atoms with E-state index in [1.807, 2.05) is 0 Å². The maximum absolute atomic E-state index is 12.7. The summed E-state index contributed by atoms with van der Waals surface area (Å²) < 4.78 is 33.4. The van der Waals surface area contributed by atoms with E-state index in [4.69, 9.17) is 4.74 Å². The third kappa shape index (κ3) is 4.44. The molecule has 1 aromatic carbocycles. The first-order valence-electron chi connectivity index (χ1n) is 9.01. The summed E-state index contributed by atoms with van der Waals surface area (Å²) in [6.45, 7) is 2.96. The van der Waals surface area contributed by atoms with Crippen LogP contribution in [0.4, 0.5) is 0 Å². The number of nitrogens with one attached hydrogen (secondary N) is 1. The lowest BCUT2D eigenvalue weighted by Gasteiger charge is -2.26. The van der Waals surface area contributed by atoms with Crippen LogP contribution in [0, 0.1) is 0 Å². The highest BCUT2D eigenvalue weighted by molar-refractivity contribution is 7.89. The van der Waals surface area contributed by atoms with Crippen LogP contribution in [0.1, 0.15) is 17.4 Å². The summed E-state index contributed by atoms with van der Waals surface area (Å²) >= 11 is 0. The highest BCUT2D eigenvalue weighted by atomic mass is 32.2. The molecule has 3 rings (SSSR count). The van der Waals surface area contributed by atoms with Crippen molar-refractivity contribution in [1.82, 2.24) is 19.4 Å². The van der Waals surface area contributed by atoms with Crippen molar-refractivity contribution in [2.75, 3.05) is 33.4 Å². The average Bonchev–Trinajstić information content (AvgIpc) is 2.74. The molecule has 0 spiro atoms. The van der Waals surface area contributed by atoms with Crippen LogP contribution >= 0.6 is 0 Å².